The van der Waals surface area contributed by atoms with Crippen molar-refractivity contribution in [2.24, 2.45) is 0 Å². The first kappa shape index (κ1) is 18.9. The highest BCUT2D eigenvalue weighted by Gasteiger charge is 2.36. The number of carbonyl (C=O) groups excluding carboxylic acids is 2. The molecular weight excluding hydrogens is 324 g/mol. The fraction of sp³-hybridized carbons (Fsp3) is 0.556. The molecule has 0 aromatic heterocycles. The predicted octanol–water partition coefficient (Wildman–Crippen LogP) is 3.04. The van der Waals surface area contributed by atoms with Gasteiger partial charge in [0.15, 0.2) is 0 Å². The molecule has 0 radical (unpaired) electrons. The summed E-state index contributed by atoms with van der Waals surface area (Å²) in [6, 6.07) is 4.58. The number of nitrogens with zero attached hydrogens (tertiary/aromatic N) is 1. The molecule has 1 saturated heterocycles. The standard InChI is InChI=1S/C18H26N2O5/c1-18(2,3)25-17(22)20-10-6-7-14(20)16(21)19-13-11-12(23-4)8-9-15(13)24-5/h8-9,11,14H,6-7,10H2,1-5H3,(H,19,21)/t14-/m0/s1. The van der Waals surface area contributed by atoms with Crippen molar-refractivity contribution < 1.29 is 23.8 Å². The van der Waals surface area contributed by atoms with Gasteiger partial charge in [0.25, 0.3) is 0 Å². The van der Waals surface area contributed by atoms with Crippen LogP contribution in [0.25, 0.3) is 0 Å². The van der Waals surface area contributed by atoms with E-state index < -0.39 is 17.7 Å². The Bertz CT molecular complexity index is 639. The Morgan fingerprint density at radius 2 is 1.92 bits per heavy atom. The molecule has 1 fully saturated rings. The Labute approximate surface area is 148 Å². The molecule has 0 spiro atoms. The quantitative estimate of drug-likeness (QED) is 0.903. The maximum Gasteiger partial charge on any atom is 0.410 e. The van der Waals surface area contributed by atoms with E-state index in [-0.39, 0.29) is 5.91 Å². The van der Waals surface area contributed by atoms with Crippen molar-refractivity contribution >= 4 is 17.7 Å². The second-order valence-corrected chi connectivity index (χ2v) is 6.89. The van der Waals surface area contributed by atoms with Crippen LogP contribution in [-0.4, -0.2) is 49.3 Å². The number of hydrogen-bond donors (Lipinski definition) is 1. The van der Waals surface area contributed by atoms with Crippen molar-refractivity contribution in [2.75, 3.05) is 26.1 Å². The number of amides is 2. The summed E-state index contributed by atoms with van der Waals surface area (Å²) in [5, 5.41) is 2.83. The van der Waals surface area contributed by atoms with Crippen molar-refractivity contribution in [1.82, 2.24) is 4.90 Å². The maximum atomic E-state index is 12.7. The van der Waals surface area contributed by atoms with Crippen LogP contribution < -0.4 is 14.8 Å². The second-order valence-electron chi connectivity index (χ2n) is 6.89. The lowest BCUT2D eigenvalue weighted by atomic mass is 10.2. The third-order valence-electron chi connectivity index (χ3n) is 3.85. The Hall–Kier alpha value is -2.44. The number of rotatable bonds is 4. The largest absolute Gasteiger partial charge is 0.497 e. The third kappa shape index (κ3) is 4.78. The molecule has 25 heavy (non-hydrogen) atoms. The minimum Gasteiger partial charge on any atom is -0.497 e. The Balaban J connectivity index is 2.13. The van der Waals surface area contributed by atoms with E-state index in [9.17, 15) is 9.59 Å². The number of hydrogen-bond acceptors (Lipinski definition) is 5. The van der Waals surface area contributed by atoms with E-state index in [2.05, 4.69) is 5.32 Å². The van der Waals surface area contributed by atoms with Gasteiger partial charge < -0.3 is 19.5 Å². The van der Waals surface area contributed by atoms with Crippen LogP contribution in [0.15, 0.2) is 18.2 Å². The number of carbonyl (C=O) groups is 2. The topological polar surface area (TPSA) is 77.1 Å². The summed E-state index contributed by atoms with van der Waals surface area (Å²) in [6.07, 6.45) is 0.881. The summed E-state index contributed by atoms with van der Waals surface area (Å²) in [6.45, 7) is 5.91. The van der Waals surface area contributed by atoms with Gasteiger partial charge in [0, 0.05) is 12.6 Å². The Morgan fingerprint density at radius 3 is 2.52 bits per heavy atom. The van der Waals surface area contributed by atoms with Crippen LogP contribution in [0.1, 0.15) is 33.6 Å². The summed E-state index contributed by atoms with van der Waals surface area (Å²) >= 11 is 0. The van der Waals surface area contributed by atoms with Crippen LogP contribution >= 0.6 is 0 Å². The maximum absolute atomic E-state index is 12.7. The van der Waals surface area contributed by atoms with E-state index in [1.165, 1.54) is 12.0 Å². The van der Waals surface area contributed by atoms with Crippen molar-refractivity contribution in [3.63, 3.8) is 0 Å². The minimum atomic E-state index is -0.600. The summed E-state index contributed by atoms with van der Waals surface area (Å²) in [5.41, 5.74) is -0.0978. The summed E-state index contributed by atoms with van der Waals surface area (Å²) in [4.78, 5) is 26.5. The van der Waals surface area contributed by atoms with Gasteiger partial charge in [-0.3, -0.25) is 9.69 Å². The average molecular weight is 350 g/mol. The molecule has 0 aliphatic carbocycles. The van der Waals surface area contributed by atoms with Gasteiger partial charge in [-0.05, 0) is 45.7 Å². The highest BCUT2D eigenvalue weighted by Crippen LogP contribution is 2.30. The van der Waals surface area contributed by atoms with E-state index in [0.29, 0.717) is 30.2 Å². The average Bonchev–Trinajstić information content (AvgIpc) is 3.03. The van der Waals surface area contributed by atoms with Crippen LogP contribution in [0.5, 0.6) is 11.5 Å². The molecule has 1 aliphatic rings. The van der Waals surface area contributed by atoms with Crippen molar-refractivity contribution in [1.29, 1.82) is 0 Å². The monoisotopic (exact) mass is 350 g/mol. The van der Waals surface area contributed by atoms with E-state index in [0.717, 1.165) is 6.42 Å². The van der Waals surface area contributed by atoms with Crippen molar-refractivity contribution in [2.45, 2.75) is 45.3 Å². The van der Waals surface area contributed by atoms with Crippen LogP contribution in [0, 0.1) is 0 Å². The van der Waals surface area contributed by atoms with Gasteiger partial charge in [0.05, 0.1) is 19.9 Å². The predicted molar refractivity (Wildman–Crippen MR) is 94.1 cm³/mol. The molecule has 138 valence electrons. The summed E-state index contributed by atoms with van der Waals surface area (Å²) in [7, 11) is 3.08. The number of methoxy groups -OCH3 is 2. The SMILES string of the molecule is COc1ccc(OC)c(NC(=O)[C@@H]2CCCN2C(=O)OC(C)(C)C)c1. The highest BCUT2D eigenvalue weighted by molar-refractivity contribution is 5.98. The van der Waals surface area contributed by atoms with Gasteiger partial charge in [-0.2, -0.15) is 0 Å². The normalized spacial score (nSPS) is 17.2. The fourth-order valence-corrected chi connectivity index (χ4v) is 2.71. The van der Waals surface area contributed by atoms with Crippen molar-refractivity contribution in [3.05, 3.63) is 18.2 Å². The number of benzene rings is 1. The zero-order valence-electron chi connectivity index (χ0n) is 15.4. The van der Waals surface area contributed by atoms with Gasteiger partial charge in [-0.25, -0.2) is 4.79 Å². The molecule has 1 aliphatic heterocycles. The van der Waals surface area contributed by atoms with Gasteiger partial charge in [0.1, 0.15) is 23.1 Å². The first-order valence-corrected chi connectivity index (χ1v) is 8.27. The van der Waals surface area contributed by atoms with Gasteiger partial charge in [0.2, 0.25) is 5.91 Å². The molecule has 0 bridgehead atoms. The molecule has 7 nitrogen and oxygen atoms in total. The Morgan fingerprint density at radius 1 is 1.20 bits per heavy atom. The molecule has 0 saturated carbocycles. The van der Waals surface area contributed by atoms with Gasteiger partial charge in [-0.1, -0.05) is 0 Å². The van der Waals surface area contributed by atoms with E-state index in [1.807, 2.05) is 0 Å². The third-order valence-corrected chi connectivity index (χ3v) is 3.85. The highest BCUT2D eigenvalue weighted by atomic mass is 16.6. The lowest BCUT2D eigenvalue weighted by molar-refractivity contribution is -0.120. The lowest BCUT2D eigenvalue weighted by Crippen LogP contribution is -2.45. The summed E-state index contributed by atoms with van der Waals surface area (Å²) in [5.74, 6) is 0.859. The number of nitrogens with one attached hydrogen (secondary N) is 1. The van der Waals surface area contributed by atoms with E-state index in [1.54, 1.807) is 46.1 Å². The first-order chi connectivity index (χ1) is 11.7. The molecule has 7 heteroatoms. The Kier molecular flexibility index (Phi) is 5.77. The second kappa shape index (κ2) is 7.63. The molecule has 2 rings (SSSR count). The minimum absolute atomic E-state index is 0.269. The van der Waals surface area contributed by atoms with E-state index >= 15 is 0 Å². The number of ether oxygens (including phenoxy) is 3. The van der Waals surface area contributed by atoms with Gasteiger partial charge in [-0.15, -0.1) is 0 Å². The molecule has 1 N–H and O–H groups in total. The fourth-order valence-electron chi connectivity index (χ4n) is 2.71. The van der Waals surface area contributed by atoms with Crippen LogP contribution in [-0.2, 0) is 9.53 Å². The lowest BCUT2D eigenvalue weighted by Gasteiger charge is -2.28. The smallest absolute Gasteiger partial charge is 0.410 e. The molecule has 0 unspecified atom stereocenters. The van der Waals surface area contributed by atoms with Crippen LogP contribution in [0.3, 0.4) is 0 Å². The zero-order chi connectivity index (χ0) is 18.6. The van der Waals surface area contributed by atoms with Crippen molar-refractivity contribution in [3.8, 4) is 11.5 Å². The molecule has 1 heterocycles. The van der Waals surface area contributed by atoms with Crippen LogP contribution in [0.2, 0.25) is 0 Å². The van der Waals surface area contributed by atoms with Gasteiger partial charge >= 0.3 is 6.09 Å². The number of anilines is 1. The molecule has 1 aromatic carbocycles. The van der Waals surface area contributed by atoms with Crippen LogP contribution in [0.4, 0.5) is 10.5 Å². The van der Waals surface area contributed by atoms with E-state index in [4.69, 9.17) is 14.2 Å². The first-order valence-electron chi connectivity index (χ1n) is 8.27. The summed E-state index contributed by atoms with van der Waals surface area (Å²) < 4.78 is 15.9. The molecule has 1 atom stereocenters. The number of likely N-dealkylation sites (tertiary alicyclic amines) is 1. The molecular formula is C18H26N2O5. The molecule has 1 aromatic rings. The zero-order valence-corrected chi connectivity index (χ0v) is 15.4. The molecule has 2 amide bonds.